The molecule has 0 heterocycles. The number of hydrogen-bond donors (Lipinski definition) is 1. The lowest BCUT2D eigenvalue weighted by Crippen LogP contribution is -2.22. The number of ether oxygens (including phenoxy) is 2. The number of halogens is 1. The monoisotopic (exact) mass is 285 g/mol. The molecule has 108 valence electrons. The van der Waals surface area contributed by atoms with Crippen LogP contribution < -0.4 is 14.8 Å². The predicted octanol–water partition coefficient (Wildman–Crippen LogP) is 4.02. The van der Waals surface area contributed by atoms with Crippen molar-refractivity contribution in [3.8, 4) is 11.5 Å². The molecule has 4 heteroatoms. The first-order chi connectivity index (χ1) is 8.93. The maximum atomic E-state index is 6.29. The molecule has 0 aromatic heterocycles. The Labute approximate surface area is 121 Å². The Bertz CT molecular complexity index is 405. The number of hydrogen-bond acceptors (Lipinski definition) is 3. The Morgan fingerprint density at radius 3 is 2.37 bits per heavy atom. The predicted molar refractivity (Wildman–Crippen MR) is 80.4 cm³/mol. The van der Waals surface area contributed by atoms with E-state index in [9.17, 15) is 0 Å². The molecule has 1 rings (SSSR count). The van der Waals surface area contributed by atoms with Gasteiger partial charge in [0.1, 0.15) is 0 Å². The Morgan fingerprint density at radius 2 is 1.84 bits per heavy atom. The van der Waals surface area contributed by atoms with Crippen molar-refractivity contribution in [3.05, 3.63) is 22.7 Å². The molecular formula is C15H24ClNO2. The summed E-state index contributed by atoms with van der Waals surface area (Å²) in [5.41, 5.74) is 1.02. The summed E-state index contributed by atoms with van der Waals surface area (Å²) in [6.45, 7) is 11.5. The average molecular weight is 286 g/mol. The van der Waals surface area contributed by atoms with Gasteiger partial charge in [-0.15, -0.1) is 0 Å². The summed E-state index contributed by atoms with van der Waals surface area (Å²) in [6, 6.07) is 4.21. The second-order valence-corrected chi connectivity index (χ2v) is 5.43. The minimum absolute atomic E-state index is 0.0925. The van der Waals surface area contributed by atoms with Gasteiger partial charge in [-0.1, -0.05) is 25.4 Å². The second kappa shape index (κ2) is 7.61. The van der Waals surface area contributed by atoms with Crippen LogP contribution in [0.25, 0.3) is 0 Å². The lowest BCUT2D eigenvalue weighted by molar-refractivity contribution is 0.223. The van der Waals surface area contributed by atoms with Crippen molar-refractivity contribution < 1.29 is 9.47 Å². The van der Waals surface area contributed by atoms with Crippen molar-refractivity contribution in [1.29, 1.82) is 0 Å². The molecule has 0 atom stereocenters. The van der Waals surface area contributed by atoms with E-state index in [0.29, 0.717) is 23.4 Å². The molecule has 0 aliphatic rings. The fourth-order valence-corrected chi connectivity index (χ4v) is 1.86. The molecule has 0 radical (unpaired) electrons. The molecule has 0 aliphatic carbocycles. The van der Waals surface area contributed by atoms with E-state index < -0.39 is 0 Å². The molecule has 0 amide bonds. The smallest absolute Gasteiger partial charge is 0.163 e. The van der Waals surface area contributed by atoms with Crippen LogP contribution in [0.3, 0.4) is 0 Å². The van der Waals surface area contributed by atoms with Crippen LogP contribution in [-0.4, -0.2) is 18.8 Å². The highest BCUT2D eigenvalue weighted by Crippen LogP contribution is 2.34. The summed E-state index contributed by atoms with van der Waals surface area (Å²) >= 11 is 6.29. The topological polar surface area (TPSA) is 30.5 Å². The molecule has 19 heavy (non-hydrogen) atoms. The maximum Gasteiger partial charge on any atom is 0.163 e. The maximum absolute atomic E-state index is 6.29. The molecule has 1 N–H and O–H groups in total. The van der Waals surface area contributed by atoms with Crippen LogP contribution >= 0.6 is 11.6 Å². The third kappa shape index (κ3) is 5.29. The van der Waals surface area contributed by atoms with Gasteiger partial charge in [0, 0.05) is 23.7 Å². The summed E-state index contributed by atoms with van der Waals surface area (Å²) in [4.78, 5) is 0. The Kier molecular flexibility index (Phi) is 6.46. The summed E-state index contributed by atoms with van der Waals surface area (Å²) in [5, 5.41) is 4.05. The highest BCUT2D eigenvalue weighted by atomic mass is 35.5. The minimum atomic E-state index is 0.0925. The largest absolute Gasteiger partial charge is 0.490 e. The van der Waals surface area contributed by atoms with Crippen molar-refractivity contribution in [2.75, 3.05) is 6.61 Å². The first kappa shape index (κ1) is 16.1. The number of rotatable bonds is 7. The number of benzene rings is 1. The Balaban J connectivity index is 2.98. The third-order valence-corrected chi connectivity index (χ3v) is 2.83. The van der Waals surface area contributed by atoms with Gasteiger partial charge in [0.25, 0.3) is 0 Å². The molecule has 0 saturated heterocycles. The highest BCUT2D eigenvalue weighted by molar-refractivity contribution is 6.31. The van der Waals surface area contributed by atoms with Crippen LogP contribution in [0.1, 0.15) is 40.2 Å². The average Bonchev–Trinajstić information content (AvgIpc) is 2.30. The van der Waals surface area contributed by atoms with E-state index in [2.05, 4.69) is 19.2 Å². The molecule has 0 spiro atoms. The second-order valence-electron chi connectivity index (χ2n) is 5.03. The fraction of sp³-hybridized carbons (Fsp3) is 0.600. The van der Waals surface area contributed by atoms with Crippen molar-refractivity contribution >= 4 is 11.6 Å². The molecule has 0 unspecified atom stereocenters. The Hall–Kier alpha value is -0.930. The van der Waals surface area contributed by atoms with E-state index in [0.717, 1.165) is 17.9 Å². The van der Waals surface area contributed by atoms with Gasteiger partial charge >= 0.3 is 0 Å². The third-order valence-electron chi connectivity index (χ3n) is 2.48. The van der Waals surface area contributed by atoms with E-state index in [-0.39, 0.29) is 6.10 Å². The van der Waals surface area contributed by atoms with Crippen LogP contribution in [0, 0.1) is 0 Å². The van der Waals surface area contributed by atoms with Crippen molar-refractivity contribution in [2.45, 2.75) is 53.3 Å². The Morgan fingerprint density at radius 1 is 1.16 bits per heavy atom. The zero-order valence-corrected chi connectivity index (χ0v) is 13.2. The van der Waals surface area contributed by atoms with Crippen molar-refractivity contribution in [2.24, 2.45) is 0 Å². The van der Waals surface area contributed by atoms with Crippen LogP contribution in [0.2, 0.25) is 5.02 Å². The summed E-state index contributed by atoms with van der Waals surface area (Å²) in [7, 11) is 0. The zero-order valence-electron chi connectivity index (χ0n) is 12.4. The van der Waals surface area contributed by atoms with Gasteiger partial charge in [-0.05, 0) is 32.4 Å². The van der Waals surface area contributed by atoms with Crippen molar-refractivity contribution in [3.63, 3.8) is 0 Å². The quantitative estimate of drug-likeness (QED) is 0.821. The van der Waals surface area contributed by atoms with Gasteiger partial charge in [-0.3, -0.25) is 0 Å². The summed E-state index contributed by atoms with van der Waals surface area (Å²) in [6.07, 6.45) is 0.0925. The normalized spacial score (nSPS) is 11.2. The number of nitrogens with one attached hydrogen (secondary N) is 1. The SMILES string of the molecule is CCOc1cc(CNC(C)C)c(Cl)cc1OC(C)C. The van der Waals surface area contributed by atoms with E-state index in [1.165, 1.54) is 0 Å². The molecule has 0 saturated carbocycles. The lowest BCUT2D eigenvalue weighted by atomic mass is 10.2. The first-order valence-corrected chi connectivity index (χ1v) is 7.17. The lowest BCUT2D eigenvalue weighted by Gasteiger charge is -2.17. The molecule has 1 aromatic carbocycles. The van der Waals surface area contributed by atoms with Crippen LogP contribution in [0.15, 0.2) is 12.1 Å². The van der Waals surface area contributed by atoms with Gasteiger partial charge in [-0.2, -0.15) is 0 Å². The highest BCUT2D eigenvalue weighted by Gasteiger charge is 2.12. The van der Waals surface area contributed by atoms with E-state index in [4.69, 9.17) is 21.1 Å². The molecule has 1 aromatic rings. The van der Waals surface area contributed by atoms with Gasteiger partial charge < -0.3 is 14.8 Å². The van der Waals surface area contributed by atoms with E-state index >= 15 is 0 Å². The van der Waals surface area contributed by atoms with Gasteiger partial charge in [-0.25, -0.2) is 0 Å². The van der Waals surface area contributed by atoms with E-state index in [1.54, 1.807) is 0 Å². The van der Waals surface area contributed by atoms with E-state index in [1.807, 2.05) is 32.9 Å². The van der Waals surface area contributed by atoms with Crippen LogP contribution in [-0.2, 0) is 6.54 Å². The molecule has 0 bridgehead atoms. The van der Waals surface area contributed by atoms with Gasteiger partial charge in [0.2, 0.25) is 0 Å². The summed E-state index contributed by atoms with van der Waals surface area (Å²) < 4.78 is 11.4. The molecule has 0 fully saturated rings. The van der Waals surface area contributed by atoms with Crippen molar-refractivity contribution in [1.82, 2.24) is 5.32 Å². The molecule has 0 aliphatic heterocycles. The fourth-order valence-electron chi connectivity index (χ4n) is 1.64. The van der Waals surface area contributed by atoms with Gasteiger partial charge in [0.05, 0.1) is 12.7 Å². The van der Waals surface area contributed by atoms with Crippen LogP contribution in [0.5, 0.6) is 11.5 Å². The molecular weight excluding hydrogens is 262 g/mol. The van der Waals surface area contributed by atoms with Crippen LogP contribution in [0.4, 0.5) is 0 Å². The zero-order chi connectivity index (χ0) is 14.4. The standard InChI is InChI=1S/C15H24ClNO2/c1-6-18-14-7-12(9-17-10(2)3)13(16)8-15(14)19-11(4)5/h7-8,10-11,17H,6,9H2,1-5H3. The molecule has 3 nitrogen and oxygen atoms in total. The summed E-state index contributed by atoms with van der Waals surface area (Å²) in [5.74, 6) is 1.45. The minimum Gasteiger partial charge on any atom is -0.490 e. The van der Waals surface area contributed by atoms with Gasteiger partial charge in [0.15, 0.2) is 11.5 Å². The first-order valence-electron chi connectivity index (χ1n) is 6.79.